The molecule has 0 saturated heterocycles. The van der Waals surface area contributed by atoms with Gasteiger partial charge in [-0.3, -0.25) is 9.59 Å². The molecule has 126 valence electrons. The van der Waals surface area contributed by atoms with E-state index >= 15 is 0 Å². The molecule has 7 heteroatoms. The number of hydrogen-bond donors (Lipinski definition) is 3. The maximum atomic E-state index is 12.1. The van der Waals surface area contributed by atoms with E-state index in [0.717, 1.165) is 0 Å². The monoisotopic (exact) mass is 337 g/mol. The number of carbonyl (C=O) groups excluding carboxylic acids is 2. The van der Waals surface area contributed by atoms with E-state index in [2.05, 4.69) is 5.32 Å². The summed E-state index contributed by atoms with van der Waals surface area (Å²) in [6.45, 7) is -0.229. The van der Waals surface area contributed by atoms with Gasteiger partial charge in [0.2, 0.25) is 0 Å². The Kier molecular flexibility index (Phi) is 5.74. The quantitative estimate of drug-likeness (QED) is 0.421. The second-order valence-electron chi connectivity index (χ2n) is 4.99. The maximum Gasteiger partial charge on any atom is 0.266 e. The average molecular weight is 337 g/mol. The van der Waals surface area contributed by atoms with E-state index in [1.807, 2.05) is 6.07 Å². The number of carbonyl (C=O) groups is 2. The Morgan fingerprint density at radius 2 is 1.80 bits per heavy atom. The van der Waals surface area contributed by atoms with Crippen LogP contribution >= 0.6 is 0 Å². The van der Waals surface area contributed by atoms with Crippen molar-refractivity contribution in [3.05, 3.63) is 59.7 Å². The third-order valence-electron chi connectivity index (χ3n) is 3.06. The normalized spacial score (nSPS) is 10.6. The van der Waals surface area contributed by atoms with E-state index in [-0.39, 0.29) is 17.9 Å². The van der Waals surface area contributed by atoms with Crippen molar-refractivity contribution < 1.29 is 19.4 Å². The van der Waals surface area contributed by atoms with Crippen LogP contribution in [0.5, 0.6) is 11.5 Å². The van der Waals surface area contributed by atoms with Crippen LogP contribution in [0.3, 0.4) is 0 Å². The van der Waals surface area contributed by atoms with Crippen LogP contribution in [0.2, 0.25) is 0 Å². The molecule has 0 unspecified atom stereocenters. The van der Waals surface area contributed by atoms with E-state index in [1.54, 1.807) is 24.3 Å². The van der Waals surface area contributed by atoms with E-state index in [4.69, 9.17) is 10.5 Å². The first-order chi connectivity index (χ1) is 12.0. The smallest absolute Gasteiger partial charge is 0.266 e. The van der Waals surface area contributed by atoms with Crippen molar-refractivity contribution in [2.45, 2.75) is 0 Å². The maximum absolute atomic E-state index is 12.1. The van der Waals surface area contributed by atoms with Gasteiger partial charge in [0.25, 0.3) is 11.8 Å². The van der Waals surface area contributed by atoms with Crippen molar-refractivity contribution in [3.63, 3.8) is 0 Å². The Hall–Kier alpha value is -3.79. The minimum Gasteiger partial charge on any atom is -0.508 e. The fourth-order valence-electron chi connectivity index (χ4n) is 1.87. The first kappa shape index (κ1) is 17.6. The number of benzene rings is 2. The van der Waals surface area contributed by atoms with E-state index < -0.39 is 11.8 Å². The predicted molar refractivity (Wildman–Crippen MR) is 91.5 cm³/mol. The van der Waals surface area contributed by atoms with Crippen molar-refractivity contribution in [2.75, 3.05) is 11.9 Å². The number of nitrogens with zero attached hydrogens (tertiary/aromatic N) is 1. The molecular formula is C18H15N3O4. The molecule has 0 aromatic heterocycles. The Morgan fingerprint density at radius 1 is 1.16 bits per heavy atom. The zero-order valence-electron chi connectivity index (χ0n) is 13.1. The lowest BCUT2D eigenvalue weighted by Crippen LogP contribution is -2.19. The van der Waals surface area contributed by atoms with Crippen LogP contribution in [0.25, 0.3) is 6.08 Å². The number of nitrogens with one attached hydrogen (secondary N) is 1. The number of primary amides is 1. The third kappa shape index (κ3) is 5.41. The molecule has 0 aliphatic rings. The van der Waals surface area contributed by atoms with Gasteiger partial charge in [0.05, 0.1) is 0 Å². The summed E-state index contributed by atoms with van der Waals surface area (Å²) in [5.41, 5.74) is 5.98. The molecule has 2 aromatic carbocycles. The van der Waals surface area contributed by atoms with Gasteiger partial charge in [0, 0.05) is 5.69 Å². The molecule has 2 amide bonds. The largest absolute Gasteiger partial charge is 0.508 e. The molecule has 0 fully saturated rings. The van der Waals surface area contributed by atoms with Crippen molar-refractivity contribution >= 4 is 23.6 Å². The summed E-state index contributed by atoms with van der Waals surface area (Å²) in [4.78, 5) is 22.8. The fourth-order valence-corrected chi connectivity index (χ4v) is 1.87. The van der Waals surface area contributed by atoms with Gasteiger partial charge in [-0.25, -0.2) is 0 Å². The van der Waals surface area contributed by atoms with Gasteiger partial charge in [-0.2, -0.15) is 5.26 Å². The number of phenolic OH excluding ortho intramolecular Hbond substituents is 1. The van der Waals surface area contributed by atoms with Crippen molar-refractivity contribution in [1.82, 2.24) is 0 Å². The highest BCUT2D eigenvalue weighted by molar-refractivity contribution is 6.09. The average Bonchev–Trinajstić information content (AvgIpc) is 2.60. The number of amides is 2. The zero-order chi connectivity index (χ0) is 18.2. The molecule has 0 heterocycles. The highest BCUT2D eigenvalue weighted by Crippen LogP contribution is 2.17. The molecule has 0 radical (unpaired) electrons. The first-order valence-corrected chi connectivity index (χ1v) is 7.21. The molecule has 0 saturated carbocycles. The lowest BCUT2D eigenvalue weighted by Gasteiger charge is -2.05. The van der Waals surface area contributed by atoms with Gasteiger partial charge >= 0.3 is 0 Å². The van der Waals surface area contributed by atoms with Gasteiger partial charge in [-0.1, -0.05) is 12.1 Å². The Bertz CT molecular complexity index is 834. The molecule has 2 rings (SSSR count). The molecule has 25 heavy (non-hydrogen) atoms. The van der Waals surface area contributed by atoms with Crippen LogP contribution < -0.4 is 15.8 Å². The first-order valence-electron chi connectivity index (χ1n) is 7.21. The molecule has 0 aliphatic carbocycles. The molecule has 4 N–H and O–H groups in total. The van der Waals surface area contributed by atoms with Crippen molar-refractivity contribution in [1.29, 1.82) is 5.26 Å². The summed E-state index contributed by atoms with van der Waals surface area (Å²) in [6.07, 6.45) is 1.42. The number of hydrogen-bond acceptors (Lipinski definition) is 5. The molecule has 0 spiro atoms. The minimum absolute atomic E-state index is 0.0766. The number of aromatic hydroxyl groups is 1. The number of nitrogens with two attached hydrogens (primary N) is 1. The Morgan fingerprint density at radius 3 is 2.36 bits per heavy atom. The lowest BCUT2D eigenvalue weighted by atomic mass is 10.1. The number of anilines is 1. The van der Waals surface area contributed by atoms with Crippen LogP contribution in [0.1, 0.15) is 5.56 Å². The Balaban J connectivity index is 2.08. The fraction of sp³-hybridized carbons (Fsp3) is 0.0556. The summed E-state index contributed by atoms with van der Waals surface area (Å²) in [5.74, 6) is -0.625. The van der Waals surface area contributed by atoms with E-state index in [0.29, 0.717) is 17.0 Å². The summed E-state index contributed by atoms with van der Waals surface area (Å²) >= 11 is 0. The number of rotatable bonds is 6. The Labute approximate surface area is 144 Å². The molecule has 0 bridgehead atoms. The van der Waals surface area contributed by atoms with E-state index in [9.17, 15) is 20.0 Å². The zero-order valence-corrected chi connectivity index (χ0v) is 13.1. The third-order valence-corrected chi connectivity index (χ3v) is 3.06. The predicted octanol–water partition coefficient (Wildman–Crippen LogP) is 1.80. The summed E-state index contributed by atoms with van der Waals surface area (Å²) in [5, 5.41) is 21.0. The van der Waals surface area contributed by atoms with Crippen LogP contribution in [0.15, 0.2) is 54.1 Å². The number of phenols is 1. The van der Waals surface area contributed by atoms with Crippen molar-refractivity contribution in [3.8, 4) is 17.6 Å². The summed E-state index contributed by atoms with van der Waals surface area (Å²) in [6, 6.07) is 14.2. The standard InChI is InChI=1S/C18H15N3O4/c19-10-13(18(24)21-14-3-5-15(22)6-4-14)9-12-1-7-16(8-2-12)25-11-17(20)23/h1-9,22H,11H2,(H2,20,23)(H,21,24)/b13-9+. The van der Waals surface area contributed by atoms with E-state index in [1.165, 1.54) is 30.3 Å². The van der Waals surface area contributed by atoms with Gasteiger partial charge in [-0.15, -0.1) is 0 Å². The summed E-state index contributed by atoms with van der Waals surface area (Å²) < 4.78 is 5.13. The molecule has 0 atom stereocenters. The summed E-state index contributed by atoms with van der Waals surface area (Å²) in [7, 11) is 0. The second-order valence-corrected chi connectivity index (χ2v) is 4.99. The highest BCUT2D eigenvalue weighted by Gasteiger charge is 2.09. The molecule has 7 nitrogen and oxygen atoms in total. The minimum atomic E-state index is -0.582. The van der Waals surface area contributed by atoms with Crippen LogP contribution in [-0.2, 0) is 9.59 Å². The topological polar surface area (TPSA) is 125 Å². The number of ether oxygens (including phenoxy) is 1. The number of nitriles is 1. The van der Waals surface area contributed by atoms with Crippen molar-refractivity contribution in [2.24, 2.45) is 5.73 Å². The second kappa shape index (κ2) is 8.17. The van der Waals surface area contributed by atoms with Gasteiger partial charge in [0.15, 0.2) is 6.61 Å². The molecule has 2 aromatic rings. The molecular weight excluding hydrogens is 322 g/mol. The SMILES string of the molecule is N#C/C(=C\c1ccc(OCC(N)=O)cc1)C(=O)Nc1ccc(O)cc1. The van der Waals surface area contributed by atoms with Gasteiger partial charge in [-0.05, 0) is 48.0 Å². The molecule has 0 aliphatic heterocycles. The van der Waals surface area contributed by atoms with Gasteiger partial charge in [0.1, 0.15) is 23.1 Å². The van der Waals surface area contributed by atoms with Gasteiger partial charge < -0.3 is 20.9 Å². The van der Waals surface area contributed by atoms with Crippen LogP contribution in [0.4, 0.5) is 5.69 Å². The van der Waals surface area contributed by atoms with Crippen LogP contribution in [-0.4, -0.2) is 23.5 Å². The van der Waals surface area contributed by atoms with Crippen LogP contribution in [0, 0.1) is 11.3 Å². The highest BCUT2D eigenvalue weighted by atomic mass is 16.5. The lowest BCUT2D eigenvalue weighted by molar-refractivity contribution is -0.120.